The van der Waals surface area contributed by atoms with E-state index in [0.717, 1.165) is 11.1 Å². The van der Waals surface area contributed by atoms with Gasteiger partial charge in [-0.3, -0.25) is 0 Å². The topological polar surface area (TPSA) is 40.5 Å². The summed E-state index contributed by atoms with van der Waals surface area (Å²) in [7, 11) is 0. The quantitative estimate of drug-likeness (QED) is 0.732. The number of rotatable bonds is 4. The van der Waals surface area contributed by atoms with Crippen LogP contribution < -0.4 is 0 Å². The van der Waals surface area contributed by atoms with Crippen LogP contribution in [0.5, 0.6) is 0 Å². The lowest BCUT2D eigenvalue weighted by atomic mass is 10.0. The molecule has 70 valence electrons. The highest BCUT2D eigenvalue weighted by Crippen LogP contribution is 2.16. The van der Waals surface area contributed by atoms with Crippen molar-refractivity contribution in [1.29, 1.82) is 0 Å². The molecule has 0 aliphatic heterocycles. The molecule has 0 aliphatic rings. The third-order valence-corrected chi connectivity index (χ3v) is 1.86. The van der Waals surface area contributed by atoms with Crippen molar-refractivity contribution in [3.63, 3.8) is 0 Å². The van der Waals surface area contributed by atoms with Crippen LogP contribution in [-0.4, -0.2) is 23.4 Å². The second-order valence-electron chi connectivity index (χ2n) is 2.75. The Morgan fingerprint density at radius 3 is 2.38 bits per heavy atom. The molecule has 0 atom stereocenters. The molecule has 0 spiro atoms. The molecule has 0 amide bonds. The fourth-order valence-corrected chi connectivity index (χ4v) is 1.25. The van der Waals surface area contributed by atoms with E-state index < -0.39 is 0 Å². The largest absolute Gasteiger partial charge is 0.396 e. The van der Waals surface area contributed by atoms with Gasteiger partial charge in [0.25, 0.3) is 0 Å². The highest BCUT2D eigenvalue weighted by Gasteiger charge is 1.98. The minimum absolute atomic E-state index is 0.0181. The van der Waals surface area contributed by atoms with E-state index in [1.165, 1.54) is 0 Å². The third-order valence-electron chi connectivity index (χ3n) is 1.86. The van der Waals surface area contributed by atoms with Crippen LogP contribution >= 0.6 is 0 Å². The van der Waals surface area contributed by atoms with Crippen molar-refractivity contribution in [1.82, 2.24) is 0 Å². The number of aliphatic hydroxyl groups excluding tert-OH is 2. The van der Waals surface area contributed by atoms with Crippen molar-refractivity contribution < 1.29 is 10.2 Å². The Kier molecular flexibility index (Phi) is 4.23. The fourth-order valence-electron chi connectivity index (χ4n) is 1.25. The summed E-state index contributed by atoms with van der Waals surface area (Å²) in [5.41, 5.74) is 2.05. The molecule has 0 aromatic heterocycles. The Bertz CT molecular complexity index is 265. The first-order chi connectivity index (χ1) is 6.38. The maximum absolute atomic E-state index is 8.80. The van der Waals surface area contributed by atoms with Crippen molar-refractivity contribution in [3.05, 3.63) is 42.0 Å². The normalized spacial score (nSPS) is 11.7. The zero-order chi connectivity index (χ0) is 9.52. The van der Waals surface area contributed by atoms with Gasteiger partial charge < -0.3 is 10.2 Å². The highest BCUT2D eigenvalue weighted by molar-refractivity contribution is 5.65. The minimum Gasteiger partial charge on any atom is -0.396 e. The Hall–Kier alpha value is -1.12. The Morgan fingerprint density at radius 1 is 1.15 bits per heavy atom. The van der Waals surface area contributed by atoms with Crippen molar-refractivity contribution >= 4 is 5.57 Å². The summed E-state index contributed by atoms with van der Waals surface area (Å²) < 4.78 is 0. The maximum Gasteiger partial charge on any atom is 0.0618 e. The molecule has 0 heterocycles. The van der Waals surface area contributed by atoms with Gasteiger partial charge in [0.1, 0.15) is 0 Å². The Morgan fingerprint density at radius 2 is 1.85 bits per heavy atom. The lowest BCUT2D eigenvalue weighted by Gasteiger charge is -2.04. The summed E-state index contributed by atoms with van der Waals surface area (Å²) in [4.78, 5) is 0. The van der Waals surface area contributed by atoms with Gasteiger partial charge in [-0.1, -0.05) is 36.4 Å². The molecule has 13 heavy (non-hydrogen) atoms. The van der Waals surface area contributed by atoms with Gasteiger partial charge in [-0.15, -0.1) is 0 Å². The predicted octanol–water partition coefficient (Wildman–Crippen LogP) is 1.44. The van der Waals surface area contributed by atoms with Crippen LogP contribution in [0, 0.1) is 0 Å². The van der Waals surface area contributed by atoms with Crippen molar-refractivity contribution in [2.75, 3.05) is 13.2 Å². The Balaban J connectivity index is 2.83. The molecule has 2 N–H and O–H groups in total. The predicted molar refractivity (Wildman–Crippen MR) is 53.2 cm³/mol. The van der Waals surface area contributed by atoms with E-state index in [1.54, 1.807) is 6.08 Å². The molecule has 0 saturated heterocycles. The van der Waals surface area contributed by atoms with Crippen molar-refractivity contribution in [2.45, 2.75) is 6.42 Å². The first-order valence-corrected chi connectivity index (χ1v) is 4.34. The monoisotopic (exact) mass is 178 g/mol. The van der Waals surface area contributed by atoms with Gasteiger partial charge in [0, 0.05) is 6.61 Å². The minimum atomic E-state index is 0.0181. The molecule has 0 aliphatic carbocycles. The molecule has 2 heteroatoms. The summed E-state index contributed by atoms with van der Waals surface area (Å²) in [5.74, 6) is 0. The second kappa shape index (κ2) is 5.51. The van der Waals surface area contributed by atoms with E-state index in [4.69, 9.17) is 10.2 Å². The molecular weight excluding hydrogens is 164 g/mol. The van der Waals surface area contributed by atoms with Gasteiger partial charge in [-0.2, -0.15) is 0 Å². The van der Waals surface area contributed by atoms with Gasteiger partial charge in [-0.25, -0.2) is 0 Å². The summed E-state index contributed by atoms with van der Waals surface area (Å²) in [5, 5.41) is 17.6. The molecule has 1 rings (SSSR count). The van der Waals surface area contributed by atoms with E-state index in [2.05, 4.69) is 0 Å². The molecule has 0 bridgehead atoms. The van der Waals surface area contributed by atoms with Crippen LogP contribution in [0.15, 0.2) is 36.4 Å². The van der Waals surface area contributed by atoms with E-state index in [1.807, 2.05) is 30.3 Å². The van der Waals surface area contributed by atoms with Crippen LogP contribution in [0.2, 0.25) is 0 Å². The van der Waals surface area contributed by atoms with Crippen LogP contribution in [0.4, 0.5) is 0 Å². The first-order valence-electron chi connectivity index (χ1n) is 4.34. The maximum atomic E-state index is 8.80. The lowest BCUT2D eigenvalue weighted by Crippen LogP contribution is -1.90. The molecule has 1 aromatic carbocycles. The first kappa shape index (κ1) is 9.96. The highest BCUT2D eigenvalue weighted by atomic mass is 16.3. The van der Waals surface area contributed by atoms with Gasteiger partial charge in [0.15, 0.2) is 0 Å². The number of hydrogen-bond acceptors (Lipinski definition) is 2. The Labute approximate surface area is 78.2 Å². The van der Waals surface area contributed by atoms with E-state index in [-0.39, 0.29) is 13.2 Å². The van der Waals surface area contributed by atoms with Crippen molar-refractivity contribution in [3.8, 4) is 0 Å². The summed E-state index contributed by atoms with van der Waals surface area (Å²) in [6.45, 7) is 0.130. The van der Waals surface area contributed by atoms with Crippen molar-refractivity contribution in [2.24, 2.45) is 0 Å². The zero-order valence-electron chi connectivity index (χ0n) is 7.48. The molecular formula is C11H14O2. The molecule has 0 saturated carbocycles. The molecule has 2 nitrogen and oxygen atoms in total. The van der Waals surface area contributed by atoms with E-state index in [0.29, 0.717) is 6.42 Å². The number of benzene rings is 1. The average molecular weight is 178 g/mol. The van der Waals surface area contributed by atoms with Crippen LogP contribution in [0.3, 0.4) is 0 Å². The van der Waals surface area contributed by atoms with E-state index in [9.17, 15) is 0 Å². The third kappa shape index (κ3) is 3.01. The number of hydrogen-bond donors (Lipinski definition) is 2. The summed E-state index contributed by atoms with van der Waals surface area (Å²) >= 11 is 0. The zero-order valence-corrected chi connectivity index (χ0v) is 7.48. The second-order valence-corrected chi connectivity index (χ2v) is 2.75. The van der Waals surface area contributed by atoms with Crippen LogP contribution in [0.1, 0.15) is 12.0 Å². The standard InChI is InChI=1S/C11H14O2/c12-8-6-11(7-9-13)10-4-2-1-3-5-10/h1-6,12-13H,7-9H2/b11-6+. The molecule has 0 radical (unpaired) electrons. The van der Waals surface area contributed by atoms with Gasteiger partial charge in [0.2, 0.25) is 0 Å². The summed E-state index contributed by atoms with van der Waals surface area (Å²) in [6, 6.07) is 9.77. The fraction of sp³-hybridized carbons (Fsp3) is 0.273. The average Bonchev–Trinajstić information content (AvgIpc) is 2.19. The molecule has 1 aromatic rings. The van der Waals surface area contributed by atoms with Crippen LogP contribution in [-0.2, 0) is 0 Å². The molecule has 0 fully saturated rings. The number of aliphatic hydroxyl groups is 2. The van der Waals surface area contributed by atoms with Gasteiger partial charge >= 0.3 is 0 Å². The van der Waals surface area contributed by atoms with Gasteiger partial charge in [0.05, 0.1) is 6.61 Å². The SMILES string of the molecule is OC/C=C(\CCO)c1ccccc1. The summed E-state index contributed by atoms with van der Waals surface area (Å²) in [6.07, 6.45) is 2.32. The molecule has 0 unspecified atom stereocenters. The smallest absolute Gasteiger partial charge is 0.0618 e. The van der Waals surface area contributed by atoms with Crippen LogP contribution in [0.25, 0.3) is 5.57 Å². The van der Waals surface area contributed by atoms with E-state index >= 15 is 0 Å². The lowest BCUT2D eigenvalue weighted by molar-refractivity contribution is 0.304. The van der Waals surface area contributed by atoms with Gasteiger partial charge in [-0.05, 0) is 17.6 Å².